The van der Waals surface area contributed by atoms with Crippen molar-refractivity contribution >= 4 is 22.5 Å². The van der Waals surface area contributed by atoms with Crippen LogP contribution in [0.1, 0.15) is 17.3 Å². The van der Waals surface area contributed by atoms with Crippen LogP contribution in [0.3, 0.4) is 0 Å². The molecule has 1 aliphatic rings. The van der Waals surface area contributed by atoms with Gasteiger partial charge in [-0.15, -0.1) is 0 Å². The molecule has 4 aromatic rings. The summed E-state index contributed by atoms with van der Waals surface area (Å²) in [7, 11) is 0. The third kappa shape index (κ3) is 3.75. The maximum absolute atomic E-state index is 12.7. The second kappa shape index (κ2) is 7.99. The van der Waals surface area contributed by atoms with Crippen LogP contribution < -0.4 is 19.5 Å². The molecule has 2 heterocycles. The second-order valence-corrected chi connectivity index (χ2v) is 7.06. The number of hydrogen-bond donors (Lipinski definition) is 1. The van der Waals surface area contributed by atoms with Crippen LogP contribution in [0.5, 0.6) is 17.2 Å². The van der Waals surface area contributed by atoms with Gasteiger partial charge in [0.25, 0.3) is 5.91 Å². The molecule has 1 N–H and O–H groups in total. The number of benzene rings is 3. The van der Waals surface area contributed by atoms with Gasteiger partial charge in [0.2, 0.25) is 6.79 Å². The average Bonchev–Trinajstić information content (AvgIpc) is 3.28. The van der Waals surface area contributed by atoms with E-state index in [4.69, 9.17) is 19.2 Å². The Hall–Kier alpha value is -4.06. The minimum atomic E-state index is -0.232. The van der Waals surface area contributed by atoms with Gasteiger partial charge in [0, 0.05) is 28.3 Å². The first-order chi connectivity index (χ1) is 15.2. The zero-order chi connectivity index (χ0) is 21.2. The Balaban J connectivity index is 1.47. The van der Waals surface area contributed by atoms with Crippen LogP contribution in [0.2, 0.25) is 0 Å². The molecule has 0 aliphatic carbocycles. The molecule has 1 aromatic heterocycles. The Kier molecular flexibility index (Phi) is 4.88. The van der Waals surface area contributed by atoms with Gasteiger partial charge in [0.1, 0.15) is 5.75 Å². The molecular weight excluding hydrogens is 392 g/mol. The highest BCUT2D eigenvalue weighted by Crippen LogP contribution is 2.34. The molecule has 31 heavy (non-hydrogen) atoms. The molecule has 5 rings (SSSR count). The van der Waals surface area contributed by atoms with Gasteiger partial charge in [-0.05, 0) is 43.3 Å². The first kappa shape index (κ1) is 18.9. The van der Waals surface area contributed by atoms with E-state index < -0.39 is 0 Å². The summed E-state index contributed by atoms with van der Waals surface area (Å²) in [5.41, 5.74) is 3.81. The van der Waals surface area contributed by atoms with Crippen LogP contribution in [0, 0.1) is 0 Å². The number of anilines is 1. The summed E-state index contributed by atoms with van der Waals surface area (Å²) >= 11 is 0. The Morgan fingerprint density at radius 1 is 1.00 bits per heavy atom. The van der Waals surface area contributed by atoms with Gasteiger partial charge in [-0.1, -0.05) is 30.3 Å². The van der Waals surface area contributed by atoms with Crippen molar-refractivity contribution in [3.05, 3.63) is 78.4 Å². The fourth-order valence-corrected chi connectivity index (χ4v) is 3.55. The maximum Gasteiger partial charge on any atom is 0.255 e. The largest absolute Gasteiger partial charge is 0.493 e. The van der Waals surface area contributed by atoms with Gasteiger partial charge in [0.05, 0.1) is 17.8 Å². The number of carbonyl (C=O) groups is 1. The summed E-state index contributed by atoms with van der Waals surface area (Å²) in [6, 6.07) is 22.6. The van der Waals surface area contributed by atoms with E-state index in [0.29, 0.717) is 29.4 Å². The molecular formula is C25H20N2O4. The summed E-state index contributed by atoms with van der Waals surface area (Å²) in [5.74, 6) is 1.71. The van der Waals surface area contributed by atoms with Crippen molar-refractivity contribution in [1.29, 1.82) is 0 Å². The molecule has 0 atom stereocenters. The first-order valence-electron chi connectivity index (χ1n) is 10.1. The Morgan fingerprint density at radius 2 is 1.84 bits per heavy atom. The van der Waals surface area contributed by atoms with Gasteiger partial charge in [0.15, 0.2) is 11.5 Å². The molecule has 0 unspecified atom stereocenters. The number of hydrogen-bond acceptors (Lipinski definition) is 5. The van der Waals surface area contributed by atoms with Gasteiger partial charge in [-0.25, -0.2) is 4.98 Å². The quantitative estimate of drug-likeness (QED) is 0.483. The van der Waals surface area contributed by atoms with Crippen molar-refractivity contribution in [3.8, 4) is 28.5 Å². The first-order valence-corrected chi connectivity index (χ1v) is 10.1. The van der Waals surface area contributed by atoms with Gasteiger partial charge in [-0.3, -0.25) is 4.79 Å². The lowest BCUT2D eigenvalue weighted by Crippen LogP contribution is -2.11. The molecule has 0 fully saturated rings. The Bertz CT molecular complexity index is 1270. The number of fused-ring (bicyclic) bond motifs is 2. The molecule has 0 bridgehead atoms. The smallest absolute Gasteiger partial charge is 0.255 e. The molecule has 154 valence electrons. The van der Waals surface area contributed by atoms with E-state index in [2.05, 4.69) is 5.32 Å². The third-order valence-electron chi connectivity index (χ3n) is 5.03. The standard InChI is InChI=1S/C25H20N2O4/c1-2-29-23-14-21(16-6-4-3-5-7-16)27-20-10-9-18(13-19(20)23)26-25(28)17-8-11-22-24(12-17)31-15-30-22/h3-14H,2,15H2,1H3,(H,26,28). The number of aromatic nitrogens is 1. The second-order valence-electron chi connectivity index (χ2n) is 7.06. The monoisotopic (exact) mass is 412 g/mol. The zero-order valence-electron chi connectivity index (χ0n) is 16.9. The fourth-order valence-electron chi connectivity index (χ4n) is 3.55. The highest BCUT2D eigenvalue weighted by atomic mass is 16.7. The van der Waals surface area contributed by atoms with E-state index in [1.165, 1.54) is 0 Å². The van der Waals surface area contributed by atoms with Gasteiger partial charge < -0.3 is 19.5 Å². The average molecular weight is 412 g/mol. The molecule has 0 saturated carbocycles. The van der Waals surface area contributed by atoms with Crippen molar-refractivity contribution in [2.45, 2.75) is 6.92 Å². The van der Waals surface area contributed by atoms with Crippen LogP contribution in [-0.2, 0) is 0 Å². The summed E-state index contributed by atoms with van der Waals surface area (Å²) in [6.45, 7) is 2.64. The molecule has 0 saturated heterocycles. The lowest BCUT2D eigenvalue weighted by atomic mass is 10.1. The van der Waals surface area contributed by atoms with E-state index in [0.717, 1.165) is 27.9 Å². The molecule has 1 aliphatic heterocycles. The Morgan fingerprint density at radius 3 is 2.68 bits per heavy atom. The lowest BCUT2D eigenvalue weighted by Gasteiger charge is -2.12. The highest BCUT2D eigenvalue weighted by Gasteiger charge is 2.17. The number of carbonyl (C=O) groups excluding carboxylic acids is 1. The van der Waals surface area contributed by atoms with Crippen molar-refractivity contribution in [1.82, 2.24) is 4.98 Å². The highest BCUT2D eigenvalue weighted by molar-refractivity contribution is 6.06. The number of pyridine rings is 1. The summed E-state index contributed by atoms with van der Waals surface area (Å²) in [5, 5.41) is 3.78. The zero-order valence-corrected chi connectivity index (χ0v) is 16.9. The number of amides is 1. The number of nitrogens with zero attached hydrogens (tertiary/aromatic N) is 1. The van der Waals surface area contributed by atoms with Gasteiger partial charge in [-0.2, -0.15) is 0 Å². The maximum atomic E-state index is 12.7. The molecule has 6 nitrogen and oxygen atoms in total. The number of nitrogens with one attached hydrogen (secondary N) is 1. The summed E-state index contributed by atoms with van der Waals surface area (Å²) < 4.78 is 16.6. The number of rotatable bonds is 5. The molecule has 6 heteroatoms. The van der Waals surface area contributed by atoms with E-state index >= 15 is 0 Å². The predicted octanol–water partition coefficient (Wildman–Crippen LogP) is 5.28. The van der Waals surface area contributed by atoms with Crippen molar-refractivity contribution in [2.24, 2.45) is 0 Å². The summed E-state index contributed by atoms with van der Waals surface area (Å²) in [4.78, 5) is 17.5. The van der Waals surface area contributed by atoms with E-state index in [1.54, 1.807) is 18.2 Å². The lowest BCUT2D eigenvalue weighted by molar-refractivity contribution is 0.102. The minimum absolute atomic E-state index is 0.170. The minimum Gasteiger partial charge on any atom is -0.493 e. The van der Waals surface area contributed by atoms with E-state index in [-0.39, 0.29) is 12.7 Å². The molecule has 0 radical (unpaired) electrons. The summed E-state index contributed by atoms with van der Waals surface area (Å²) in [6.07, 6.45) is 0. The van der Waals surface area contributed by atoms with Gasteiger partial charge >= 0.3 is 0 Å². The van der Waals surface area contributed by atoms with Crippen molar-refractivity contribution in [2.75, 3.05) is 18.7 Å². The van der Waals surface area contributed by atoms with Crippen LogP contribution in [0.4, 0.5) is 5.69 Å². The number of ether oxygens (including phenoxy) is 3. The third-order valence-corrected chi connectivity index (χ3v) is 5.03. The Labute approximate surface area is 179 Å². The predicted molar refractivity (Wildman–Crippen MR) is 119 cm³/mol. The van der Waals surface area contributed by atoms with Crippen LogP contribution in [-0.4, -0.2) is 24.3 Å². The van der Waals surface area contributed by atoms with Crippen molar-refractivity contribution in [3.63, 3.8) is 0 Å². The van der Waals surface area contributed by atoms with Crippen LogP contribution in [0.25, 0.3) is 22.2 Å². The molecule has 0 spiro atoms. The fraction of sp³-hybridized carbons (Fsp3) is 0.120. The molecule has 3 aromatic carbocycles. The topological polar surface area (TPSA) is 69.7 Å². The normalized spacial score (nSPS) is 12.0. The van der Waals surface area contributed by atoms with E-state index in [9.17, 15) is 4.79 Å². The van der Waals surface area contributed by atoms with Crippen LogP contribution in [0.15, 0.2) is 72.8 Å². The van der Waals surface area contributed by atoms with Crippen molar-refractivity contribution < 1.29 is 19.0 Å². The van der Waals surface area contributed by atoms with E-state index in [1.807, 2.05) is 61.5 Å². The SMILES string of the molecule is CCOc1cc(-c2ccccc2)nc2ccc(NC(=O)c3ccc4c(c3)OCO4)cc12. The van der Waals surface area contributed by atoms with Crippen LogP contribution >= 0.6 is 0 Å². The molecule has 1 amide bonds.